The Hall–Kier alpha value is -3.04. The summed E-state index contributed by atoms with van der Waals surface area (Å²) in [6, 6.07) is 6.49. The molecule has 0 spiro atoms. The quantitative estimate of drug-likeness (QED) is 0.513. The Morgan fingerprint density at radius 1 is 1.16 bits per heavy atom. The smallest absolute Gasteiger partial charge is 0.241 e. The van der Waals surface area contributed by atoms with Gasteiger partial charge in [0, 0.05) is 31.5 Å². The van der Waals surface area contributed by atoms with Gasteiger partial charge in [-0.25, -0.2) is 19.5 Å². The van der Waals surface area contributed by atoms with Crippen molar-refractivity contribution in [2.75, 3.05) is 39.2 Å². The van der Waals surface area contributed by atoms with E-state index in [1.165, 1.54) is 0 Å². The predicted octanol–water partition coefficient (Wildman–Crippen LogP) is 2.60. The second kappa shape index (κ2) is 8.24. The topological polar surface area (TPSA) is 85.4 Å². The van der Waals surface area contributed by atoms with Crippen molar-refractivity contribution >= 4 is 22.6 Å². The zero-order valence-corrected chi connectivity index (χ0v) is 18.2. The van der Waals surface area contributed by atoms with Crippen molar-refractivity contribution in [3.8, 4) is 11.3 Å². The Morgan fingerprint density at radius 3 is 2.81 bits per heavy atom. The van der Waals surface area contributed by atoms with Gasteiger partial charge in [0.25, 0.3) is 0 Å². The molecule has 5 heterocycles. The van der Waals surface area contributed by atoms with Crippen molar-refractivity contribution in [1.29, 1.82) is 0 Å². The highest BCUT2D eigenvalue weighted by Crippen LogP contribution is 2.26. The molecule has 4 aromatic heterocycles. The fourth-order valence-corrected chi connectivity index (χ4v) is 4.23. The molecular weight excluding hydrogens is 392 g/mol. The third kappa shape index (κ3) is 3.86. The van der Waals surface area contributed by atoms with Crippen molar-refractivity contribution in [3.05, 3.63) is 36.4 Å². The lowest BCUT2D eigenvalue weighted by Crippen LogP contribution is -2.37. The molecule has 1 aliphatic heterocycles. The van der Waals surface area contributed by atoms with Crippen LogP contribution in [0, 0.1) is 6.92 Å². The largest absolute Gasteiger partial charge is 0.383 e. The van der Waals surface area contributed by atoms with E-state index in [9.17, 15) is 0 Å². The number of pyridine rings is 1. The van der Waals surface area contributed by atoms with Crippen LogP contribution in [0.1, 0.15) is 18.7 Å². The van der Waals surface area contributed by atoms with Crippen molar-refractivity contribution in [1.82, 2.24) is 34.0 Å². The van der Waals surface area contributed by atoms with Crippen LogP contribution in [0.3, 0.4) is 0 Å². The van der Waals surface area contributed by atoms with Crippen molar-refractivity contribution in [2.45, 2.75) is 32.4 Å². The molecule has 9 nitrogen and oxygen atoms in total. The van der Waals surface area contributed by atoms with Gasteiger partial charge in [0.2, 0.25) is 5.95 Å². The van der Waals surface area contributed by atoms with Gasteiger partial charge in [-0.1, -0.05) is 0 Å². The second-order valence-electron chi connectivity index (χ2n) is 8.21. The van der Waals surface area contributed by atoms with E-state index in [0.29, 0.717) is 18.6 Å². The lowest BCUT2D eigenvalue weighted by atomic mass is 10.1. The number of aromatic nitrogens is 6. The molecular formula is C22H28N8O. The summed E-state index contributed by atoms with van der Waals surface area (Å²) in [5.41, 5.74) is 4.58. The van der Waals surface area contributed by atoms with E-state index in [-0.39, 0.29) is 0 Å². The number of anilines is 1. The van der Waals surface area contributed by atoms with Crippen molar-refractivity contribution in [3.63, 3.8) is 0 Å². The number of hydrogen-bond acceptors (Lipinski definition) is 7. The van der Waals surface area contributed by atoms with Gasteiger partial charge in [0.05, 0.1) is 24.0 Å². The Bertz CT molecular complexity index is 1210. The number of nitrogens with one attached hydrogen (secondary N) is 1. The molecule has 0 radical (unpaired) electrons. The number of fused-ring (bicyclic) bond motifs is 2. The van der Waals surface area contributed by atoms with E-state index < -0.39 is 0 Å². The van der Waals surface area contributed by atoms with Crippen LogP contribution in [0.15, 0.2) is 30.6 Å². The first kappa shape index (κ1) is 19.9. The summed E-state index contributed by atoms with van der Waals surface area (Å²) < 4.78 is 9.22. The van der Waals surface area contributed by atoms with Crippen molar-refractivity contribution < 1.29 is 4.74 Å². The van der Waals surface area contributed by atoms with E-state index in [1.807, 2.05) is 42.0 Å². The molecule has 5 rings (SSSR count). The van der Waals surface area contributed by atoms with Gasteiger partial charge in [0.1, 0.15) is 11.3 Å². The maximum atomic E-state index is 5.25. The molecule has 0 aromatic carbocycles. The van der Waals surface area contributed by atoms with Crippen LogP contribution in [0.25, 0.3) is 27.9 Å². The van der Waals surface area contributed by atoms with E-state index in [0.717, 1.165) is 66.2 Å². The average Bonchev–Trinajstić information content (AvgIpc) is 3.33. The van der Waals surface area contributed by atoms with E-state index >= 15 is 0 Å². The van der Waals surface area contributed by atoms with Crippen molar-refractivity contribution in [2.24, 2.45) is 0 Å². The summed E-state index contributed by atoms with van der Waals surface area (Å²) in [6.45, 7) is 5.54. The number of likely N-dealkylation sites (tertiary alicyclic amines) is 1. The Kier molecular flexibility index (Phi) is 5.29. The lowest BCUT2D eigenvalue weighted by molar-refractivity contribution is 0.187. The van der Waals surface area contributed by atoms with Gasteiger partial charge < -0.3 is 19.5 Å². The fourth-order valence-electron chi connectivity index (χ4n) is 4.23. The molecule has 162 valence electrons. The minimum absolute atomic E-state index is 0.420. The van der Waals surface area contributed by atoms with E-state index in [2.05, 4.69) is 36.9 Å². The van der Waals surface area contributed by atoms with Crippen LogP contribution >= 0.6 is 0 Å². The third-order valence-electron chi connectivity index (χ3n) is 6.05. The third-order valence-corrected chi connectivity index (χ3v) is 6.05. The monoisotopic (exact) mass is 420 g/mol. The molecule has 0 atom stereocenters. The highest BCUT2D eigenvalue weighted by molar-refractivity contribution is 5.82. The average molecular weight is 421 g/mol. The Morgan fingerprint density at radius 2 is 2.00 bits per heavy atom. The first-order valence-electron chi connectivity index (χ1n) is 10.7. The normalized spacial score (nSPS) is 15.8. The van der Waals surface area contributed by atoms with Gasteiger partial charge in [0.15, 0.2) is 5.65 Å². The number of hydrogen-bond donors (Lipinski definition) is 1. The van der Waals surface area contributed by atoms with Gasteiger partial charge in [-0.2, -0.15) is 0 Å². The number of piperidine rings is 1. The summed E-state index contributed by atoms with van der Waals surface area (Å²) in [4.78, 5) is 16.5. The summed E-state index contributed by atoms with van der Waals surface area (Å²) in [5.74, 6) is 1.60. The number of nitrogens with zero attached hydrogens (tertiary/aromatic N) is 7. The van der Waals surface area contributed by atoms with Gasteiger partial charge >= 0.3 is 0 Å². The molecule has 4 aromatic rings. The highest BCUT2D eigenvalue weighted by atomic mass is 16.5. The molecule has 0 aliphatic carbocycles. The summed E-state index contributed by atoms with van der Waals surface area (Å²) in [6.07, 6.45) is 6.05. The molecule has 31 heavy (non-hydrogen) atoms. The molecule has 0 amide bonds. The Balaban J connectivity index is 1.44. The lowest BCUT2D eigenvalue weighted by Gasteiger charge is -2.29. The summed E-state index contributed by atoms with van der Waals surface area (Å²) in [7, 11) is 3.87. The molecule has 9 heteroatoms. The molecule has 1 N–H and O–H groups in total. The molecule has 1 saturated heterocycles. The van der Waals surface area contributed by atoms with Crippen LogP contribution < -0.4 is 5.32 Å². The van der Waals surface area contributed by atoms with Gasteiger partial charge in [-0.3, -0.25) is 0 Å². The number of methoxy groups -OCH3 is 1. The molecule has 0 saturated carbocycles. The molecule has 1 fully saturated rings. The SMILES string of the molecule is COCCn1c(C)nc2ccc(-c3ccn4nc(NC5CCN(C)CC5)ncc34)nc21. The highest BCUT2D eigenvalue weighted by Gasteiger charge is 2.18. The first-order chi connectivity index (χ1) is 15.1. The number of imidazole rings is 1. The van der Waals surface area contributed by atoms with Crippen LogP contribution in [0.4, 0.5) is 5.95 Å². The van der Waals surface area contributed by atoms with Crippen LogP contribution in [0.5, 0.6) is 0 Å². The second-order valence-corrected chi connectivity index (χ2v) is 8.21. The first-order valence-corrected chi connectivity index (χ1v) is 10.7. The number of rotatable bonds is 6. The Labute approximate surface area is 181 Å². The molecule has 1 aliphatic rings. The zero-order chi connectivity index (χ0) is 21.4. The number of aryl methyl sites for hydroxylation is 1. The van der Waals surface area contributed by atoms with E-state index in [1.54, 1.807) is 7.11 Å². The summed E-state index contributed by atoms with van der Waals surface area (Å²) in [5, 5.41) is 8.17. The maximum Gasteiger partial charge on any atom is 0.241 e. The van der Waals surface area contributed by atoms with Gasteiger partial charge in [-0.05, 0) is 58.1 Å². The van der Waals surface area contributed by atoms with Crippen LogP contribution in [-0.4, -0.2) is 73.9 Å². The van der Waals surface area contributed by atoms with Gasteiger partial charge in [-0.15, -0.1) is 5.10 Å². The summed E-state index contributed by atoms with van der Waals surface area (Å²) >= 11 is 0. The minimum atomic E-state index is 0.420. The molecule has 0 unspecified atom stereocenters. The van der Waals surface area contributed by atoms with Crippen LogP contribution in [0.2, 0.25) is 0 Å². The fraction of sp³-hybridized carbons (Fsp3) is 0.455. The standard InChI is InChI=1S/C22H28N8O/c1-15-24-19-5-4-18(26-21(19)29(15)12-13-31-3)17-8-11-30-20(17)14-23-22(27-30)25-16-6-9-28(2)10-7-16/h4-5,8,11,14,16H,6-7,9-10,12-13H2,1-3H3,(H,25,27). The predicted molar refractivity (Wildman–Crippen MR) is 120 cm³/mol. The zero-order valence-electron chi connectivity index (χ0n) is 18.2. The van der Waals surface area contributed by atoms with E-state index in [4.69, 9.17) is 9.72 Å². The molecule has 0 bridgehead atoms. The minimum Gasteiger partial charge on any atom is -0.383 e. The number of ether oxygens (including phenoxy) is 1. The van der Waals surface area contributed by atoms with Crippen LogP contribution in [-0.2, 0) is 11.3 Å². The maximum absolute atomic E-state index is 5.25.